The number of anilines is 1. The lowest BCUT2D eigenvalue weighted by Crippen LogP contribution is -2.36. The molecule has 0 aliphatic carbocycles. The summed E-state index contributed by atoms with van der Waals surface area (Å²) in [4.78, 5) is 31.0. The summed E-state index contributed by atoms with van der Waals surface area (Å²) in [5.41, 5.74) is 1.63. The van der Waals surface area contributed by atoms with Gasteiger partial charge in [-0.1, -0.05) is 17.4 Å². The Morgan fingerprint density at radius 1 is 1.35 bits per heavy atom. The Bertz CT molecular complexity index is 1120. The maximum absolute atomic E-state index is 13.1. The first-order valence-corrected chi connectivity index (χ1v) is 11.9. The van der Waals surface area contributed by atoms with Crippen LogP contribution in [0.5, 0.6) is 0 Å². The second kappa shape index (κ2) is 9.59. The van der Waals surface area contributed by atoms with Crippen LogP contribution in [-0.4, -0.2) is 41.3 Å². The van der Waals surface area contributed by atoms with Gasteiger partial charge in [-0.15, -0.1) is 11.8 Å². The van der Waals surface area contributed by atoms with E-state index in [4.69, 9.17) is 9.72 Å². The van der Waals surface area contributed by atoms with Gasteiger partial charge in [-0.25, -0.2) is 4.98 Å². The minimum atomic E-state index is -0.446. The first-order chi connectivity index (χ1) is 15.0. The van der Waals surface area contributed by atoms with E-state index in [1.165, 1.54) is 29.5 Å². The van der Waals surface area contributed by atoms with Crippen molar-refractivity contribution in [3.8, 4) is 0 Å². The third-order valence-corrected chi connectivity index (χ3v) is 6.83. The van der Waals surface area contributed by atoms with Gasteiger partial charge in [0.15, 0.2) is 5.13 Å². The maximum atomic E-state index is 13.1. The summed E-state index contributed by atoms with van der Waals surface area (Å²) in [6.45, 7) is 1.15. The average Bonchev–Trinajstić information content (AvgIpc) is 3.45. The van der Waals surface area contributed by atoms with Crippen LogP contribution in [-0.2, 0) is 9.53 Å². The van der Waals surface area contributed by atoms with Crippen LogP contribution in [0, 0.1) is 10.1 Å². The Morgan fingerprint density at radius 2 is 2.16 bits per heavy atom. The standard InChI is InChI=1S/C22H21N3O4S2/c1-30-18-5-2-6-19-21(18)23-22(31-19)24(14-17-4-3-13-29-17)20(26)12-9-15-7-10-16(11-8-15)25(27)28/h2,5-12,17H,3-4,13-14H2,1H3/b12-9-. The molecule has 1 atom stereocenters. The molecular weight excluding hydrogens is 434 g/mol. The van der Waals surface area contributed by atoms with Gasteiger partial charge in [-0.05, 0) is 55.0 Å². The zero-order valence-electron chi connectivity index (χ0n) is 16.9. The monoisotopic (exact) mass is 455 g/mol. The molecular formula is C22H21N3O4S2. The highest BCUT2D eigenvalue weighted by molar-refractivity contribution is 7.98. The molecule has 4 rings (SSSR count). The lowest BCUT2D eigenvalue weighted by molar-refractivity contribution is -0.384. The molecule has 1 aromatic heterocycles. The molecule has 7 nitrogen and oxygen atoms in total. The summed E-state index contributed by atoms with van der Waals surface area (Å²) in [6.07, 6.45) is 7.05. The number of nitro groups is 1. The van der Waals surface area contributed by atoms with Gasteiger partial charge in [0.1, 0.15) is 0 Å². The van der Waals surface area contributed by atoms with Gasteiger partial charge >= 0.3 is 0 Å². The fraction of sp³-hybridized carbons (Fsp3) is 0.273. The Balaban J connectivity index is 1.61. The number of non-ortho nitro benzene ring substituents is 1. The fourth-order valence-electron chi connectivity index (χ4n) is 3.41. The van der Waals surface area contributed by atoms with Crippen LogP contribution in [0.1, 0.15) is 18.4 Å². The van der Waals surface area contributed by atoms with Crippen molar-refractivity contribution < 1.29 is 14.5 Å². The predicted molar refractivity (Wildman–Crippen MR) is 125 cm³/mol. The molecule has 31 heavy (non-hydrogen) atoms. The molecule has 1 unspecified atom stereocenters. The number of ether oxygens (including phenoxy) is 1. The van der Waals surface area contributed by atoms with Gasteiger partial charge in [-0.3, -0.25) is 19.8 Å². The normalized spacial score (nSPS) is 16.2. The number of fused-ring (bicyclic) bond motifs is 1. The van der Waals surface area contributed by atoms with Crippen LogP contribution in [0.2, 0.25) is 0 Å². The third kappa shape index (κ3) is 4.95. The van der Waals surface area contributed by atoms with Crippen molar-refractivity contribution in [2.45, 2.75) is 23.8 Å². The molecule has 0 N–H and O–H groups in total. The summed E-state index contributed by atoms with van der Waals surface area (Å²) in [5.74, 6) is -0.196. The van der Waals surface area contributed by atoms with Gasteiger partial charge in [0.2, 0.25) is 0 Å². The quantitative estimate of drug-likeness (QED) is 0.212. The van der Waals surface area contributed by atoms with E-state index in [-0.39, 0.29) is 17.7 Å². The number of rotatable bonds is 7. The van der Waals surface area contributed by atoms with Gasteiger partial charge < -0.3 is 4.74 Å². The van der Waals surface area contributed by atoms with Crippen molar-refractivity contribution in [2.24, 2.45) is 0 Å². The van der Waals surface area contributed by atoms with Gasteiger partial charge in [0, 0.05) is 29.7 Å². The molecule has 0 radical (unpaired) electrons. The summed E-state index contributed by atoms with van der Waals surface area (Å²) >= 11 is 3.12. The lowest BCUT2D eigenvalue weighted by atomic mass is 10.2. The molecule has 0 spiro atoms. The molecule has 1 aliphatic heterocycles. The summed E-state index contributed by atoms with van der Waals surface area (Å²) < 4.78 is 6.80. The van der Waals surface area contributed by atoms with Crippen molar-refractivity contribution in [1.29, 1.82) is 0 Å². The molecule has 2 heterocycles. The van der Waals surface area contributed by atoms with Crippen LogP contribution in [0.4, 0.5) is 10.8 Å². The van der Waals surface area contributed by atoms with Crippen LogP contribution in [0.3, 0.4) is 0 Å². The maximum Gasteiger partial charge on any atom is 0.269 e. The van der Waals surface area contributed by atoms with E-state index in [1.54, 1.807) is 34.9 Å². The minimum Gasteiger partial charge on any atom is -0.376 e. The van der Waals surface area contributed by atoms with E-state index >= 15 is 0 Å². The van der Waals surface area contributed by atoms with Crippen molar-refractivity contribution in [3.05, 3.63) is 64.2 Å². The zero-order chi connectivity index (χ0) is 21.8. The minimum absolute atomic E-state index is 0.0104. The lowest BCUT2D eigenvalue weighted by Gasteiger charge is -2.21. The van der Waals surface area contributed by atoms with Gasteiger partial charge in [0.05, 0.1) is 27.8 Å². The van der Waals surface area contributed by atoms with E-state index in [0.717, 1.165) is 28.0 Å². The molecule has 0 bridgehead atoms. The number of nitro benzene ring substituents is 1. The molecule has 0 saturated carbocycles. The number of carbonyl (C=O) groups is 1. The van der Waals surface area contributed by atoms with Crippen molar-refractivity contribution >= 4 is 56.1 Å². The molecule has 9 heteroatoms. The highest BCUT2D eigenvalue weighted by atomic mass is 32.2. The second-order valence-electron chi connectivity index (χ2n) is 7.07. The van der Waals surface area contributed by atoms with Crippen LogP contribution < -0.4 is 4.90 Å². The molecule has 1 saturated heterocycles. The van der Waals surface area contributed by atoms with Crippen molar-refractivity contribution in [3.63, 3.8) is 0 Å². The summed E-state index contributed by atoms with van der Waals surface area (Å²) in [7, 11) is 0. The highest BCUT2D eigenvalue weighted by Crippen LogP contribution is 2.34. The topological polar surface area (TPSA) is 85.6 Å². The molecule has 160 valence electrons. The first kappa shape index (κ1) is 21.5. The highest BCUT2D eigenvalue weighted by Gasteiger charge is 2.25. The third-order valence-electron chi connectivity index (χ3n) is 5.02. The van der Waals surface area contributed by atoms with Crippen LogP contribution in [0.25, 0.3) is 16.3 Å². The number of hydrogen-bond acceptors (Lipinski definition) is 7. The average molecular weight is 456 g/mol. The smallest absolute Gasteiger partial charge is 0.269 e. The first-order valence-electron chi connectivity index (χ1n) is 9.84. The summed E-state index contributed by atoms with van der Waals surface area (Å²) in [5, 5.41) is 11.5. The van der Waals surface area contributed by atoms with Crippen molar-refractivity contribution in [2.75, 3.05) is 24.3 Å². The predicted octanol–water partition coefficient (Wildman–Crippen LogP) is 5.15. The zero-order valence-corrected chi connectivity index (χ0v) is 18.5. The number of para-hydroxylation sites is 1. The van der Waals surface area contributed by atoms with Gasteiger partial charge in [0.25, 0.3) is 11.6 Å². The number of aromatic nitrogens is 1. The number of hydrogen-bond donors (Lipinski definition) is 0. The van der Waals surface area contributed by atoms with E-state index < -0.39 is 4.92 Å². The van der Waals surface area contributed by atoms with Crippen molar-refractivity contribution in [1.82, 2.24) is 4.98 Å². The second-order valence-corrected chi connectivity index (χ2v) is 8.93. The van der Waals surface area contributed by atoms with Crippen LogP contribution >= 0.6 is 23.1 Å². The Labute approximate surface area is 187 Å². The number of nitrogens with zero attached hydrogens (tertiary/aromatic N) is 3. The van der Waals surface area contributed by atoms with E-state index in [9.17, 15) is 14.9 Å². The molecule has 1 fully saturated rings. The summed E-state index contributed by atoms with van der Waals surface area (Å²) in [6, 6.07) is 12.1. The largest absolute Gasteiger partial charge is 0.376 e. The fourth-order valence-corrected chi connectivity index (χ4v) is 5.05. The molecule has 2 aromatic carbocycles. The Morgan fingerprint density at radius 3 is 2.84 bits per heavy atom. The van der Waals surface area contributed by atoms with E-state index in [0.29, 0.717) is 23.8 Å². The van der Waals surface area contributed by atoms with Gasteiger partial charge in [-0.2, -0.15) is 0 Å². The number of amides is 1. The Hall–Kier alpha value is -2.75. The molecule has 3 aromatic rings. The number of carbonyl (C=O) groups excluding carboxylic acids is 1. The van der Waals surface area contributed by atoms with Crippen LogP contribution in [0.15, 0.2) is 53.4 Å². The van der Waals surface area contributed by atoms with E-state index in [2.05, 4.69) is 0 Å². The SMILES string of the molecule is CSc1cccc2sc(N(CC3CCCO3)C(=O)/C=C\c3ccc([N+](=O)[O-])cc3)nc12. The Kier molecular flexibility index (Phi) is 6.64. The number of benzene rings is 2. The number of thiazole rings is 1. The van der Waals surface area contributed by atoms with E-state index in [1.807, 2.05) is 24.5 Å². The molecule has 1 aliphatic rings. The molecule has 1 amide bonds. The number of thioether (sulfide) groups is 1.